The molecular weight excluding hydrogens is 726 g/mol. The Morgan fingerprint density at radius 2 is 1.00 bits per heavy atom. The molecule has 54 heavy (non-hydrogen) atoms. The fraction of sp³-hybridized carbons (Fsp3) is 0.895. The number of aliphatic hydroxyl groups is 2. The van der Waals surface area contributed by atoms with Gasteiger partial charge in [0.2, 0.25) is 11.8 Å². The summed E-state index contributed by atoms with van der Waals surface area (Å²) in [6, 6.07) is -2.81. The molecule has 0 aliphatic heterocycles. The first-order valence-electron chi connectivity index (χ1n) is 19.8. The van der Waals surface area contributed by atoms with Gasteiger partial charge in [0, 0.05) is 11.8 Å². The number of carboxylic acid groups (broad SMARTS) is 1. The highest BCUT2D eigenvalue weighted by atomic mass is 19.4. The lowest BCUT2D eigenvalue weighted by molar-refractivity contribution is -0.383. The highest BCUT2D eigenvalue weighted by Crippen LogP contribution is 2.64. The Balaban J connectivity index is 1.26. The lowest BCUT2D eigenvalue weighted by Gasteiger charge is -2.53. The summed E-state index contributed by atoms with van der Waals surface area (Å²) in [6.07, 6.45) is -11.7. The summed E-state index contributed by atoms with van der Waals surface area (Å²) in [7, 11) is 0. The van der Waals surface area contributed by atoms with Crippen molar-refractivity contribution in [3.05, 3.63) is 0 Å². The maximum atomic E-state index is 15.3. The Bertz CT molecular complexity index is 1320. The number of rotatable bonds is 10. The lowest BCUT2D eigenvalue weighted by Crippen LogP contribution is -2.64. The number of ketones is 1. The van der Waals surface area contributed by atoms with E-state index in [0.717, 1.165) is 25.7 Å². The van der Waals surface area contributed by atoms with Gasteiger partial charge in [0.25, 0.3) is 0 Å². The number of amides is 2. The van der Waals surface area contributed by atoms with Gasteiger partial charge in [0.05, 0.1) is 48.3 Å². The van der Waals surface area contributed by atoms with Crippen LogP contribution < -0.4 is 10.6 Å². The molecule has 5 saturated carbocycles. The van der Waals surface area contributed by atoms with E-state index < -0.39 is 128 Å². The second kappa shape index (κ2) is 17.4. The van der Waals surface area contributed by atoms with Crippen LogP contribution in [0.15, 0.2) is 0 Å². The summed E-state index contributed by atoms with van der Waals surface area (Å²) in [4.78, 5) is 50.1. The van der Waals surface area contributed by atoms with Gasteiger partial charge < -0.3 is 30.7 Å². The third kappa shape index (κ3) is 9.22. The number of halogens is 6. The smallest absolute Gasteiger partial charge is 0.403 e. The molecule has 5 aliphatic rings. The van der Waals surface area contributed by atoms with Gasteiger partial charge in [0.15, 0.2) is 5.41 Å². The van der Waals surface area contributed by atoms with Gasteiger partial charge in [-0.1, -0.05) is 12.8 Å². The van der Waals surface area contributed by atoms with Crippen LogP contribution in [0.5, 0.6) is 0 Å². The maximum Gasteiger partial charge on any atom is 0.403 e. The van der Waals surface area contributed by atoms with Crippen molar-refractivity contribution >= 4 is 23.6 Å². The van der Waals surface area contributed by atoms with Crippen molar-refractivity contribution in [1.29, 1.82) is 0 Å². The zero-order valence-electron chi connectivity index (χ0n) is 30.8. The predicted molar refractivity (Wildman–Crippen MR) is 181 cm³/mol. The number of Topliss-reactive ketones (excluding diaryl/α,β-unsaturated/α-hetero) is 1. The van der Waals surface area contributed by atoms with Gasteiger partial charge in [-0.15, -0.1) is 0 Å². The molecule has 308 valence electrons. The molecule has 0 saturated heterocycles. The normalized spacial score (nSPS) is 37.2. The van der Waals surface area contributed by atoms with E-state index in [1.165, 1.54) is 0 Å². The average Bonchev–Trinajstić information content (AvgIpc) is 3.10. The first kappa shape index (κ1) is 42.7. The SMILES string of the molecule is CC(=O)C1CCC(OC2CCC(C(=O)NC3CC(C(C4CCC(O)C(NC(=O)C5CCCCC5C(=O)O)C4)(C(F)(F)F)C(F)(F)F)CCC3O)CC2)CC1. The van der Waals surface area contributed by atoms with E-state index in [-0.39, 0.29) is 36.8 Å². The summed E-state index contributed by atoms with van der Waals surface area (Å²) in [5.41, 5.74) is -4.26. The highest BCUT2D eigenvalue weighted by molar-refractivity contribution is 5.85. The Morgan fingerprint density at radius 3 is 1.43 bits per heavy atom. The standard InChI is InChI=1S/C38H56F6N2O8/c1-20(47)21-6-12-25(13-7-21)54-26-14-8-22(9-15-26)33(50)45-29-18-23(10-16-31(29)48)36(37(39,40)41,38(42,43)44)24-11-17-32(49)30(19-24)46-34(51)27-4-2-3-5-28(27)35(52)53/h21-32,48-49H,2-19H2,1H3,(H,45,50)(H,46,51)(H,52,53). The zero-order valence-corrected chi connectivity index (χ0v) is 30.8. The molecule has 5 rings (SSSR count). The molecule has 16 heteroatoms. The molecule has 8 atom stereocenters. The monoisotopic (exact) mass is 782 g/mol. The van der Waals surface area contributed by atoms with E-state index in [9.17, 15) is 34.5 Å². The van der Waals surface area contributed by atoms with Crippen molar-refractivity contribution in [2.45, 2.75) is 171 Å². The van der Waals surface area contributed by atoms with Gasteiger partial charge >= 0.3 is 18.3 Å². The molecule has 0 bridgehead atoms. The number of aliphatic hydroxyl groups excluding tert-OH is 2. The largest absolute Gasteiger partial charge is 0.481 e. The molecule has 8 unspecified atom stereocenters. The number of hydrogen-bond donors (Lipinski definition) is 5. The minimum absolute atomic E-state index is 0.0213. The molecule has 0 aromatic heterocycles. The Morgan fingerprint density at radius 1 is 0.574 bits per heavy atom. The third-order valence-electron chi connectivity index (χ3n) is 13.6. The molecule has 0 radical (unpaired) electrons. The second-order valence-electron chi connectivity index (χ2n) is 16.8. The van der Waals surface area contributed by atoms with Crippen molar-refractivity contribution in [2.75, 3.05) is 0 Å². The number of carbonyl (C=O) groups is 4. The van der Waals surface area contributed by atoms with E-state index in [2.05, 4.69) is 10.6 Å². The summed E-state index contributed by atoms with van der Waals surface area (Å²) in [5, 5.41) is 36.2. The van der Waals surface area contributed by atoms with Crippen molar-refractivity contribution in [2.24, 2.45) is 40.9 Å². The summed E-state index contributed by atoms with van der Waals surface area (Å²) < 4.78 is 97.9. The molecule has 0 aromatic rings. The number of ether oxygens (including phenoxy) is 1. The van der Waals surface area contributed by atoms with Gasteiger partial charge in [-0.2, -0.15) is 26.3 Å². The molecular formula is C38H56F6N2O8. The van der Waals surface area contributed by atoms with Crippen molar-refractivity contribution in [3.63, 3.8) is 0 Å². The van der Waals surface area contributed by atoms with E-state index in [1.807, 2.05) is 0 Å². The van der Waals surface area contributed by atoms with Crippen LogP contribution in [0.2, 0.25) is 0 Å². The number of nitrogens with one attached hydrogen (secondary N) is 2. The fourth-order valence-corrected chi connectivity index (χ4v) is 10.5. The average molecular weight is 783 g/mol. The van der Waals surface area contributed by atoms with Gasteiger partial charge in [-0.05, 0) is 121 Å². The Hall–Kier alpha value is -2.46. The van der Waals surface area contributed by atoms with E-state index in [1.54, 1.807) is 6.92 Å². The molecule has 0 spiro atoms. The lowest BCUT2D eigenvalue weighted by atomic mass is 9.56. The van der Waals surface area contributed by atoms with Crippen LogP contribution in [0.1, 0.15) is 122 Å². The third-order valence-corrected chi connectivity index (χ3v) is 13.6. The van der Waals surface area contributed by atoms with Crippen molar-refractivity contribution < 1.29 is 65.6 Å². The van der Waals surface area contributed by atoms with Crippen LogP contribution in [-0.2, 0) is 23.9 Å². The topological polar surface area (TPSA) is 162 Å². The maximum absolute atomic E-state index is 15.3. The first-order chi connectivity index (χ1) is 25.3. The van der Waals surface area contributed by atoms with E-state index in [0.29, 0.717) is 38.5 Å². The molecule has 5 aliphatic carbocycles. The van der Waals surface area contributed by atoms with Gasteiger partial charge in [-0.3, -0.25) is 19.2 Å². The number of hydrogen-bond acceptors (Lipinski definition) is 7. The summed E-state index contributed by atoms with van der Waals surface area (Å²) >= 11 is 0. The zero-order chi connectivity index (χ0) is 39.6. The Labute approximate surface area is 311 Å². The van der Waals surface area contributed by atoms with E-state index in [4.69, 9.17) is 4.74 Å². The number of alkyl halides is 6. The summed E-state index contributed by atoms with van der Waals surface area (Å²) in [5.74, 6) is -9.11. The second-order valence-corrected chi connectivity index (χ2v) is 16.8. The minimum atomic E-state index is -5.81. The molecule has 10 nitrogen and oxygen atoms in total. The van der Waals surface area contributed by atoms with Crippen LogP contribution in [0.3, 0.4) is 0 Å². The number of carboxylic acids is 1. The van der Waals surface area contributed by atoms with Crippen molar-refractivity contribution in [1.82, 2.24) is 10.6 Å². The first-order valence-corrected chi connectivity index (χ1v) is 19.8. The minimum Gasteiger partial charge on any atom is -0.481 e. The van der Waals surface area contributed by atoms with Crippen LogP contribution in [0, 0.1) is 40.9 Å². The molecule has 2 amide bonds. The van der Waals surface area contributed by atoms with Crippen LogP contribution >= 0.6 is 0 Å². The highest BCUT2D eigenvalue weighted by Gasteiger charge is 2.77. The fourth-order valence-electron chi connectivity index (χ4n) is 10.5. The predicted octanol–water partition coefficient (Wildman–Crippen LogP) is 6.00. The van der Waals surface area contributed by atoms with Crippen LogP contribution in [-0.4, -0.2) is 87.7 Å². The Kier molecular flexibility index (Phi) is 13.7. The van der Waals surface area contributed by atoms with Gasteiger partial charge in [0.1, 0.15) is 5.78 Å². The number of carbonyl (C=O) groups excluding carboxylic acids is 3. The molecule has 0 aromatic carbocycles. The van der Waals surface area contributed by atoms with Crippen LogP contribution in [0.25, 0.3) is 0 Å². The molecule has 0 heterocycles. The van der Waals surface area contributed by atoms with Crippen molar-refractivity contribution in [3.8, 4) is 0 Å². The quantitative estimate of drug-likeness (QED) is 0.169. The summed E-state index contributed by atoms with van der Waals surface area (Å²) in [6.45, 7) is 1.59. The van der Waals surface area contributed by atoms with Crippen LogP contribution in [0.4, 0.5) is 26.3 Å². The molecule has 5 N–H and O–H groups in total. The van der Waals surface area contributed by atoms with Gasteiger partial charge in [-0.25, -0.2) is 0 Å². The number of aliphatic carboxylic acids is 1. The molecule has 5 fully saturated rings. The van der Waals surface area contributed by atoms with E-state index >= 15 is 26.3 Å².